The Kier molecular flexibility index (Phi) is 4.67. The molecule has 3 rings (SSSR count). The van der Waals surface area contributed by atoms with Crippen LogP contribution >= 0.6 is 22.7 Å². The summed E-state index contributed by atoms with van der Waals surface area (Å²) in [6.45, 7) is 1.84. The van der Waals surface area contributed by atoms with Crippen LogP contribution in [0.5, 0.6) is 0 Å². The molecule has 0 bridgehead atoms. The summed E-state index contributed by atoms with van der Waals surface area (Å²) in [5, 5.41) is 6.97. The van der Waals surface area contributed by atoms with E-state index in [0.717, 1.165) is 13.0 Å². The van der Waals surface area contributed by atoms with Crippen molar-refractivity contribution in [2.75, 3.05) is 20.1 Å². The Balaban J connectivity index is 1.66. The van der Waals surface area contributed by atoms with Gasteiger partial charge in [-0.25, -0.2) is 4.98 Å². The van der Waals surface area contributed by atoms with Crippen LogP contribution in [0.4, 0.5) is 0 Å². The van der Waals surface area contributed by atoms with Gasteiger partial charge in [-0.3, -0.25) is 9.69 Å². The second kappa shape index (κ2) is 6.68. The van der Waals surface area contributed by atoms with E-state index >= 15 is 0 Å². The molecular weight excluding hydrogens is 302 g/mol. The summed E-state index contributed by atoms with van der Waals surface area (Å²) in [7, 11) is 2.18. The molecule has 2 atom stereocenters. The van der Waals surface area contributed by atoms with Crippen LogP contribution < -0.4 is 5.32 Å². The number of hydrogen-bond acceptors (Lipinski definition) is 5. The number of carbonyl (C=O) groups excluding carboxylic acids is 1. The van der Waals surface area contributed by atoms with Crippen molar-refractivity contribution in [2.45, 2.75) is 18.9 Å². The number of aromatic nitrogens is 1. The molecule has 2 aromatic rings. The average Bonchev–Trinajstić information content (AvgIpc) is 3.17. The Morgan fingerprint density at radius 3 is 3.19 bits per heavy atom. The lowest BCUT2D eigenvalue weighted by Gasteiger charge is -2.38. The lowest BCUT2D eigenvalue weighted by Crippen LogP contribution is -2.41. The largest absolute Gasteiger partial charge is 0.350 e. The number of thiazole rings is 1. The van der Waals surface area contributed by atoms with Crippen molar-refractivity contribution in [3.05, 3.63) is 39.0 Å². The molecule has 1 amide bonds. The van der Waals surface area contributed by atoms with Gasteiger partial charge in [0.15, 0.2) is 0 Å². The van der Waals surface area contributed by atoms with Gasteiger partial charge in [-0.1, -0.05) is 6.07 Å². The SMILES string of the molecule is CN1CCCC(CNC(=O)c2cscn2)C1c1cccs1. The molecule has 21 heavy (non-hydrogen) atoms. The molecule has 1 aliphatic heterocycles. The third kappa shape index (κ3) is 3.33. The fourth-order valence-corrected chi connectivity index (χ4v) is 4.54. The van der Waals surface area contributed by atoms with E-state index in [-0.39, 0.29) is 5.91 Å². The molecular formula is C15H19N3OS2. The Hall–Kier alpha value is -1.24. The van der Waals surface area contributed by atoms with E-state index in [4.69, 9.17) is 0 Å². The van der Waals surface area contributed by atoms with Crippen molar-refractivity contribution in [1.29, 1.82) is 0 Å². The molecule has 6 heteroatoms. The second-order valence-electron chi connectivity index (χ2n) is 5.43. The molecule has 1 aliphatic rings. The standard InChI is InChI=1S/C15H19N3OS2/c1-18-6-2-4-11(14(18)13-5-3-7-21-13)8-16-15(19)12-9-20-10-17-12/h3,5,7,9-11,14H,2,4,6,8H2,1H3,(H,16,19). The quantitative estimate of drug-likeness (QED) is 0.941. The van der Waals surface area contributed by atoms with Crippen LogP contribution in [-0.4, -0.2) is 35.9 Å². The maximum atomic E-state index is 12.0. The topological polar surface area (TPSA) is 45.2 Å². The summed E-state index contributed by atoms with van der Waals surface area (Å²) in [4.78, 5) is 19.9. The van der Waals surface area contributed by atoms with E-state index in [2.05, 4.69) is 39.8 Å². The zero-order valence-corrected chi connectivity index (χ0v) is 13.6. The second-order valence-corrected chi connectivity index (χ2v) is 7.12. The number of carbonyl (C=O) groups is 1. The molecule has 0 aromatic carbocycles. The van der Waals surface area contributed by atoms with E-state index in [9.17, 15) is 4.79 Å². The molecule has 0 radical (unpaired) electrons. The zero-order chi connectivity index (χ0) is 14.7. The van der Waals surface area contributed by atoms with E-state index in [1.807, 2.05) is 0 Å². The predicted molar refractivity (Wildman–Crippen MR) is 86.9 cm³/mol. The van der Waals surface area contributed by atoms with Crippen molar-refractivity contribution in [2.24, 2.45) is 5.92 Å². The normalized spacial score (nSPS) is 23.1. The van der Waals surface area contributed by atoms with Gasteiger partial charge in [0, 0.05) is 22.8 Å². The molecule has 1 saturated heterocycles. The van der Waals surface area contributed by atoms with Gasteiger partial charge in [0.05, 0.1) is 5.51 Å². The van der Waals surface area contributed by atoms with Gasteiger partial charge in [0.2, 0.25) is 0 Å². The third-order valence-electron chi connectivity index (χ3n) is 4.03. The van der Waals surface area contributed by atoms with Crippen LogP contribution in [0.3, 0.4) is 0 Å². The number of likely N-dealkylation sites (tertiary alicyclic amines) is 1. The van der Waals surface area contributed by atoms with Gasteiger partial charge >= 0.3 is 0 Å². The maximum Gasteiger partial charge on any atom is 0.270 e. The molecule has 0 aliphatic carbocycles. The van der Waals surface area contributed by atoms with Gasteiger partial charge in [0.1, 0.15) is 5.69 Å². The molecule has 1 fully saturated rings. The van der Waals surface area contributed by atoms with Gasteiger partial charge in [-0.2, -0.15) is 0 Å². The van der Waals surface area contributed by atoms with Crippen molar-refractivity contribution in [3.63, 3.8) is 0 Å². The first-order valence-electron chi connectivity index (χ1n) is 7.15. The Morgan fingerprint density at radius 2 is 2.48 bits per heavy atom. The smallest absolute Gasteiger partial charge is 0.270 e. The summed E-state index contributed by atoms with van der Waals surface area (Å²) in [5.74, 6) is 0.402. The average molecular weight is 321 g/mol. The molecule has 2 aromatic heterocycles. The van der Waals surface area contributed by atoms with Gasteiger partial charge in [-0.15, -0.1) is 22.7 Å². The third-order valence-corrected chi connectivity index (χ3v) is 5.56. The predicted octanol–water partition coefficient (Wildman–Crippen LogP) is 3.02. The van der Waals surface area contributed by atoms with E-state index < -0.39 is 0 Å². The molecule has 112 valence electrons. The number of amides is 1. The summed E-state index contributed by atoms with van der Waals surface area (Å²) >= 11 is 3.25. The number of thiophene rings is 1. The molecule has 0 saturated carbocycles. The number of rotatable bonds is 4. The van der Waals surface area contributed by atoms with Crippen molar-refractivity contribution < 1.29 is 4.79 Å². The van der Waals surface area contributed by atoms with E-state index in [1.165, 1.54) is 22.6 Å². The fourth-order valence-electron chi connectivity index (χ4n) is 3.02. The lowest BCUT2D eigenvalue weighted by molar-refractivity contribution is 0.0891. The first-order valence-corrected chi connectivity index (χ1v) is 8.98. The van der Waals surface area contributed by atoms with Gasteiger partial charge < -0.3 is 5.32 Å². The minimum absolute atomic E-state index is 0.0607. The highest BCUT2D eigenvalue weighted by atomic mass is 32.1. The van der Waals surface area contributed by atoms with Crippen LogP contribution in [0.25, 0.3) is 0 Å². The summed E-state index contributed by atoms with van der Waals surface area (Å²) in [6, 6.07) is 4.72. The summed E-state index contributed by atoms with van der Waals surface area (Å²) in [5.41, 5.74) is 2.22. The Morgan fingerprint density at radius 1 is 1.57 bits per heavy atom. The number of nitrogens with zero attached hydrogens (tertiary/aromatic N) is 2. The van der Waals surface area contributed by atoms with Crippen molar-refractivity contribution in [3.8, 4) is 0 Å². The van der Waals surface area contributed by atoms with Gasteiger partial charge in [-0.05, 0) is 43.8 Å². The zero-order valence-electron chi connectivity index (χ0n) is 12.0. The van der Waals surface area contributed by atoms with Crippen molar-refractivity contribution >= 4 is 28.6 Å². The van der Waals surface area contributed by atoms with Gasteiger partial charge in [0.25, 0.3) is 5.91 Å². The Bertz CT molecular complexity index is 568. The number of piperidine rings is 1. The monoisotopic (exact) mass is 321 g/mol. The first-order chi connectivity index (χ1) is 10.3. The van der Waals surface area contributed by atoms with Crippen LogP contribution in [0.2, 0.25) is 0 Å². The molecule has 1 N–H and O–H groups in total. The first kappa shape index (κ1) is 14.7. The maximum absolute atomic E-state index is 12.0. The minimum Gasteiger partial charge on any atom is -0.350 e. The summed E-state index contributed by atoms with van der Waals surface area (Å²) < 4.78 is 0. The minimum atomic E-state index is -0.0607. The van der Waals surface area contributed by atoms with E-state index in [0.29, 0.717) is 24.2 Å². The van der Waals surface area contributed by atoms with E-state index in [1.54, 1.807) is 22.2 Å². The lowest BCUT2D eigenvalue weighted by atomic mass is 9.88. The fraction of sp³-hybridized carbons (Fsp3) is 0.467. The highest BCUT2D eigenvalue weighted by Gasteiger charge is 2.31. The Labute approximate surface area is 132 Å². The summed E-state index contributed by atoms with van der Waals surface area (Å²) in [6.07, 6.45) is 2.35. The van der Waals surface area contributed by atoms with Crippen LogP contribution in [-0.2, 0) is 0 Å². The molecule has 3 heterocycles. The van der Waals surface area contributed by atoms with Crippen LogP contribution in [0, 0.1) is 5.92 Å². The van der Waals surface area contributed by atoms with Crippen molar-refractivity contribution in [1.82, 2.24) is 15.2 Å². The van der Waals surface area contributed by atoms with Crippen LogP contribution in [0.1, 0.15) is 34.2 Å². The highest BCUT2D eigenvalue weighted by molar-refractivity contribution is 7.10. The highest BCUT2D eigenvalue weighted by Crippen LogP contribution is 2.36. The number of hydrogen-bond donors (Lipinski definition) is 1. The molecule has 2 unspecified atom stereocenters. The number of nitrogens with one attached hydrogen (secondary N) is 1. The van der Waals surface area contributed by atoms with Crippen LogP contribution in [0.15, 0.2) is 28.4 Å². The molecule has 4 nitrogen and oxygen atoms in total. The molecule has 0 spiro atoms.